The van der Waals surface area contributed by atoms with Gasteiger partial charge in [-0.1, -0.05) is 24.3 Å². The smallest absolute Gasteiger partial charge is 0.242 e. The number of carbonyl (C=O) groups is 1. The Bertz CT molecular complexity index is 854. The first-order valence-corrected chi connectivity index (χ1v) is 7.60. The number of carbonyl (C=O) groups excluding carboxylic acids is 1. The molecular formula is C17H15F2N5O. The van der Waals surface area contributed by atoms with Crippen molar-refractivity contribution in [3.05, 3.63) is 77.6 Å². The predicted molar refractivity (Wildman–Crippen MR) is 85.2 cm³/mol. The van der Waals surface area contributed by atoms with Gasteiger partial charge in [-0.05, 0) is 52.2 Å². The van der Waals surface area contributed by atoms with Crippen molar-refractivity contribution in [2.45, 2.75) is 19.0 Å². The molecule has 0 fully saturated rings. The van der Waals surface area contributed by atoms with Crippen LogP contribution in [-0.4, -0.2) is 26.1 Å². The molecule has 1 atom stereocenters. The number of nitrogens with zero attached hydrogens (tertiary/aromatic N) is 4. The first kappa shape index (κ1) is 16.7. The van der Waals surface area contributed by atoms with Crippen LogP contribution in [0.5, 0.6) is 0 Å². The fourth-order valence-electron chi connectivity index (χ4n) is 2.52. The van der Waals surface area contributed by atoms with Gasteiger partial charge in [0.05, 0.1) is 6.04 Å². The molecule has 1 heterocycles. The van der Waals surface area contributed by atoms with Crippen molar-refractivity contribution in [1.82, 2.24) is 25.5 Å². The molecule has 8 heteroatoms. The lowest BCUT2D eigenvalue weighted by Gasteiger charge is -2.19. The second-order valence-corrected chi connectivity index (χ2v) is 5.52. The maximum absolute atomic E-state index is 13.6. The van der Waals surface area contributed by atoms with E-state index in [-0.39, 0.29) is 18.3 Å². The van der Waals surface area contributed by atoms with Crippen molar-refractivity contribution in [3.8, 4) is 0 Å². The summed E-state index contributed by atoms with van der Waals surface area (Å²) in [6, 6.07) is 11.5. The van der Waals surface area contributed by atoms with Crippen LogP contribution in [0.15, 0.2) is 54.9 Å². The Morgan fingerprint density at radius 3 is 2.56 bits per heavy atom. The Balaban J connectivity index is 1.79. The van der Waals surface area contributed by atoms with E-state index in [1.165, 1.54) is 35.3 Å². The number of amides is 1. The number of hydrogen-bond donors (Lipinski definition) is 1. The minimum atomic E-state index is -0.513. The summed E-state index contributed by atoms with van der Waals surface area (Å²) in [6.07, 6.45) is 1.64. The monoisotopic (exact) mass is 343 g/mol. The number of benzene rings is 2. The maximum Gasteiger partial charge on any atom is 0.242 e. The summed E-state index contributed by atoms with van der Waals surface area (Å²) in [5.74, 6) is -1.11. The lowest BCUT2D eigenvalue weighted by molar-refractivity contribution is -0.122. The summed E-state index contributed by atoms with van der Waals surface area (Å²) in [7, 11) is 0. The van der Waals surface area contributed by atoms with Crippen LogP contribution in [0.25, 0.3) is 0 Å². The van der Waals surface area contributed by atoms with Gasteiger partial charge in [0.1, 0.15) is 24.5 Å². The van der Waals surface area contributed by atoms with Crippen molar-refractivity contribution >= 4 is 5.91 Å². The standard InChI is InChI=1S/C17H15F2N5O/c18-14-5-1-3-12(7-14)8-16(13-4-2-6-15(19)9-13)21-17(25)10-24-11-20-22-23-24/h1-7,9,11,16H,8,10H2,(H,21,25). The Labute approximate surface area is 142 Å². The zero-order chi connectivity index (χ0) is 17.6. The third-order valence-corrected chi connectivity index (χ3v) is 3.61. The Kier molecular flexibility index (Phi) is 5.08. The lowest BCUT2D eigenvalue weighted by atomic mass is 9.98. The van der Waals surface area contributed by atoms with Crippen LogP contribution in [0.3, 0.4) is 0 Å². The minimum Gasteiger partial charge on any atom is -0.347 e. The molecule has 1 amide bonds. The second kappa shape index (κ2) is 7.61. The number of halogens is 2. The highest BCUT2D eigenvalue weighted by Crippen LogP contribution is 2.20. The van der Waals surface area contributed by atoms with E-state index in [4.69, 9.17) is 0 Å². The number of tetrazole rings is 1. The summed E-state index contributed by atoms with van der Waals surface area (Å²) in [4.78, 5) is 12.2. The number of rotatable bonds is 6. The van der Waals surface area contributed by atoms with Gasteiger partial charge in [-0.25, -0.2) is 13.5 Å². The van der Waals surface area contributed by atoms with Crippen molar-refractivity contribution in [2.24, 2.45) is 0 Å². The van der Waals surface area contributed by atoms with E-state index in [1.807, 2.05) is 0 Å². The number of aromatic nitrogens is 4. The third-order valence-electron chi connectivity index (χ3n) is 3.61. The average molecular weight is 343 g/mol. The van der Waals surface area contributed by atoms with E-state index < -0.39 is 11.9 Å². The number of nitrogens with one attached hydrogen (secondary N) is 1. The molecule has 0 saturated heterocycles. The normalized spacial score (nSPS) is 11.9. The van der Waals surface area contributed by atoms with E-state index in [2.05, 4.69) is 20.8 Å². The summed E-state index contributed by atoms with van der Waals surface area (Å²) in [6.45, 7) is -0.0675. The summed E-state index contributed by atoms with van der Waals surface area (Å²) in [5, 5.41) is 13.4. The van der Waals surface area contributed by atoms with Gasteiger partial charge in [0.15, 0.2) is 0 Å². The molecular weight excluding hydrogens is 328 g/mol. The highest BCUT2D eigenvalue weighted by molar-refractivity contribution is 5.76. The van der Waals surface area contributed by atoms with Crippen LogP contribution < -0.4 is 5.32 Å². The molecule has 0 spiro atoms. The quantitative estimate of drug-likeness (QED) is 0.743. The molecule has 1 unspecified atom stereocenters. The number of hydrogen-bond acceptors (Lipinski definition) is 4. The van der Waals surface area contributed by atoms with Crippen LogP contribution >= 0.6 is 0 Å². The molecule has 0 saturated carbocycles. The molecule has 3 aromatic rings. The van der Waals surface area contributed by atoms with Gasteiger partial charge in [-0.15, -0.1) is 5.10 Å². The molecule has 3 rings (SSSR count). The Hall–Kier alpha value is -3.16. The summed E-state index contributed by atoms with van der Waals surface area (Å²) >= 11 is 0. The minimum absolute atomic E-state index is 0.0675. The molecule has 128 valence electrons. The van der Waals surface area contributed by atoms with Gasteiger partial charge in [-0.2, -0.15) is 0 Å². The third kappa shape index (κ3) is 4.66. The maximum atomic E-state index is 13.6. The molecule has 1 N–H and O–H groups in total. The van der Waals surface area contributed by atoms with E-state index in [0.717, 1.165) is 0 Å². The van der Waals surface area contributed by atoms with Crippen molar-refractivity contribution in [1.29, 1.82) is 0 Å². The van der Waals surface area contributed by atoms with Crippen LogP contribution in [0, 0.1) is 11.6 Å². The van der Waals surface area contributed by atoms with Crippen LogP contribution in [-0.2, 0) is 17.8 Å². The fourth-order valence-corrected chi connectivity index (χ4v) is 2.52. The molecule has 0 aliphatic carbocycles. The first-order chi connectivity index (χ1) is 12.1. The molecule has 25 heavy (non-hydrogen) atoms. The lowest BCUT2D eigenvalue weighted by Crippen LogP contribution is -2.33. The molecule has 1 aromatic heterocycles. The van der Waals surface area contributed by atoms with Gasteiger partial charge < -0.3 is 5.32 Å². The fraction of sp³-hybridized carbons (Fsp3) is 0.176. The van der Waals surface area contributed by atoms with E-state index in [9.17, 15) is 13.6 Å². The van der Waals surface area contributed by atoms with Crippen LogP contribution in [0.2, 0.25) is 0 Å². The first-order valence-electron chi connectivity index (χ1n) is 7.60. The molecule has 2 aromatic carbocycles. The predicted octanol–water partition coefficient (Wildman–Crippen LogP) is 2.05. The van der Waals surface area contributed by atoms with Gasteiger partial charge in [0.2, 0.25) is 5.91 Å². The van der Waals surface area contributed by atoms with E-state index >= 15 is 0 Å². The Morgan fingerprint density at radius 2 is 1.88 bits per heavy atom. The highest BCUT2D eigenvalue weighted by atomic mass is 19.1. The zero-order valence-electron chi connectivity index (χ0n) is 13.1. The summed E-state index contributed by atoms with van der Waals surface area (Å²) in [5.41, 5.74) is 1.28. The molecule has 0 radical (unpaired) electrons. The average Bonchev–Trinajstić information content (AvgIpc) is 3.07. The summed E-state index contributed by atoms with van der Waals surface area (Å²) < 4.78 is 28.3. The second-order valence-electron chi connectivity index (χ2n) is 5.52. The van der Waals surface area contributed by atoms with Gasteiger partial charge in [0.25, 0.3) is 0 Å². The van der Waals surface area contributed by atoms with E-state index in [1.54, 1.807) is 24.3 Å². The van der Waals surface area contributed by atoms with Crippen molar-refractivity contribution < 1.29 is 13.6 Å². The van der Waals surface area contributed by atoms with E-state index in [0.29, 0.717) is 17.5 Å². The van der Waals surface area contributed by atoms with Gasteiger partial charge in [-0.3, -0.25) is 4.79 Å². The highest BCUT2D eigenvalue weighted by Gasteiger charge is 2.17. The van der Waals surface area contributed by atoms with Crippen LogP contribution in [0.1, 0.15) is 17.2 Å². The van der Waals surface area contributed by atoms with Crippen molar-refractivity contribution in [3.63, 3.8) is 0 Å². The molecule has 0 bridgehead atoms. The SMILES string of the molecule is O=C(Cn1cnnn1)NC(Cc1cccc(F)c1)c1cccc(F)c1. The molecule has 6 nitrogen and oxygen atoms in total. The van der Waals surface area contributed by atoms with Gasteiger partial charge >= 0.3 is 0 Å². The van der Waals surface area contributed by atoms with Gasteiger partial charge in [0, 0.05) is 0 Å². The molecule has 0 aliphatic heterocycles. The Morgan fingerprint density at radius 1 is 1.12 bits per heavy atom. The zero-order valence-corrected chi connectivity index (χ0v) is 13.1. The van der Waals surface area contributed by atoms with Crippen molar-refractivity contribution in [2.75, 3.05) is 0 Å². The topological polar surface area (TPSA) is 72.7 Å². The van der Waals surface area contributed by atoms with Crippen LogP contribution in [0.4, 0.5) is 8.78 Å². The largest absolute Gasteiger partial charge is 0.347 e. The molecule has 0 aliphatic rings.